The van der Waals surface area contributed by atoms with Gasteiger partial charge in [0.2, 0.25) is 0 Å². The molecule has 7 atom stereocenters. The lowest BCUT2D eigenvalue weighted by Gasteiger charge is -2.68. The van der Waals surface area contributed by atoms with Crippen LogP contribution in [0.2, 0.25) is 0 Å². The maximum atomic E-state index is 12.1. The SMILES string of the molecule is CO.C[C@@]12CC[C@]3(O)[C@@](CC[C@@H]4[C@](C)(C(=O)O)CCC[C@]43C)(C[C@H]1O)C2. The van der Waals surface area contributed by atoms with Crippen molar-refractivity contribution in [1.82, 2.24) is 0 Å². The number of aliphatic hydroxyl groups excluding tert-OH is 2. The quantitative estimate of drug-likeness (QED) is 0.570. The van der Waals surface area contributed by atoms with E-state index in [1.807, 2.05) is 6.92 Å². The van der Waals surface area contributed by atoms with Gasteiger partial charge in [-0.3, -0.25) is 4.79 Å². The Kier molecular flexibility index (Phi) is 4.58. The van der Waals surface area contributed by atoms with E-state index in [2.05, 4.69) is 13.8 Å². The highest BCUT2D eigenvalue weighted by Gasteiger charge is 2.74. The van der Waals surface area contributed by atoms with Gasteiger partial charge in [-0.25, -0.2) is 0 Å². The number of carboxylic acids is 1. The van der Waals surface area contributed by atoms with E-state index in [1.165, 1.54) is 0 Å². The first-order valence-electron chi connectivity index (χ1n) is 10.1. The minimum Gasteiger partial charge on any atom is -0.481 e. The van der Waals surface area contributed by atoms with Gasteiger partial charge in [-0.2, -0.15) is 0 Å². The Morgan fingerprint density at radius 2 is 1.65 bits per heavy atom. The minimum atomic E-state index is -0.836. The molecule has 0 aromatic carbocycles. The number of aliphatic hydroxyl groups is 3. The third-order valence-corrected chi connectivity index (χ3v) is 9.34. The molecule has 26 heavy (non-hydrogen) atoms. The van der Waals surface area contributed by atoms with E-state index in [-0.39, 0.29) is 28.3 Å². The van der Waals surface area contributed by atoms with Crippen molar-refractivity contribution in [3.05, 3.63) is 0 Å². The van der Waals surface area contributed by atoms with Crippen LogP contribution in [-0.4, -0.2) is 45.2 Å². The van der Waals surface area contributed by atoms with E-state index in [1.54, 1.807) is 0 Å². The molecule has 0 aromatic heterocycles. The van der Waals surface area contributed by atoms with E-state index in [0.29, 0.717) is 19.3 Å². The van der Waals surface area contributed by atoms with E-state index in [0.717, 1.165) is 45.6 Å². The Morgan fingerprint density at radius 3 is 2.27 bits per heavy atom. The molecule has 150 valence electrons. The van der Waals surface area contributed by atoms with Crippen molar-refractivity contribution in [3.63, 3.8) is 0 Å². The van der Waals surface area contributed by atoms with Gasteiger partial charge in [0.15, 0.2) is 0 Å². The molecule has 5 nitrogen and oxygen atoms in total. The summed E-state index contributed by atoms with van der Waals surface area (Å²) in [5, 5.41) is 39.7. The molecule has 4 fully saturated rings. The fraction of sp³-hybridized carbons (Fsp3) is 0.952. The topological polar surface area (TPSA) is 98.0 Å². The summed E-state index contributed by atoms with van der Waals surface area (Å²) < 4.78 is 0. The molecule has 0 amide bonds. The second kappa shape index (κ2) is 5.92. The van der Waals surface area contributed by atoms with Gasteiger partial charge < -0.3 is 20.4 Å². The zero-order chi connectivity index (χ0) is 19.6. The van der Waals surface area contributed by atoms with E-state index < -0.39 is 17.0 Å². The van der Waals surface area contributed by atoms with Crippen molar-refractivity contribution < 1.29 is 25.2 Å². The van der Waals surface area contributed by atoms with Crippen LogP contribution in [0.25, 0.3) is 0 Å². The molecular weight excluding hydrogens is 332 g/mol. The molecule has 0 aliphatic heterocycles. The Hall–Kier alpha value is -0.650. The smallest absolute Gasteiger partial charge is 0.309 e. The number of rotatable bonds is 1. The molecule has 4 N–H and O–H groups in total. The summed E-state index contributed by atoms with van der Waals surface area (Å²) in [7, 11) is 1.00. The molecule has 4 rings (SSSR count). The van der Waals surface area contributed by atoms with E-state index >= 15 is 0 Å². The summed E-state index contributed by atoms with van der Waals surface area (Å²) >= 11 is 0. The fourth-order valence-electron chi connectivity index (χ4n) is 7.85. The number of carbonyl (C=O) groups is 1. The molecular formula is C21H36O5. The third-order valence-electron chi connectivity index (χ3n) is 9.34. The first kappa shape index (κ1) is 20.1. The average Bonchev–Trinajstić information content (AvgIpc) is 2.80. The molecule has 0 saturated heterocycles. The van der Waals surface area contributed by atoms with Crippen LogP contribution in [-0.2, 0) is 4.79 Å². The Balaban J connectivity index is 0.000000948. The normalized spacial score (nSPS) is 55.2. The molecule has 4 aliphatic rings. The summed E-state index contributed by atoms with van der Waals surface area (Å²) in [6.07, 6.45) is 7.02. The lowest BCUT2D eigenvalue weighted by atomic mass is 9.38. The molecule has 4 aliphatic carbocycles. The van der Waals surface area contributed by atoms with Crippen LogP contribution < -0.4 is 0 Å². The minimum absolute atomic E-state index is 0.0222. The number of hydrogen-bond donors (Lipinski definition) is 4. The van der Waals surface area contributed by atoms with E-state index in [4.69, 9.17) is 5.11 Å². The number of fused-ring (bicyclic) bond motifs is 3. The van der Waals surface area contributed by atoms with Crippen LogP contribution in [0.1, 0.15) is 78.6 Å². The van der Waals surface area contributed by atoms with Gasteiger partial charge in [0.1, 0.15) is 0 Å². The highest BCUT2D eigenvalue weighted by molar-refractivity contribution is 5.75. The van der Waals surface area contributed by atoms with Gasteiger partial charge in [-0.1, -0.05) is 20.3 Å². The molecule has 0 unspecified atom stereocenters. The highest BCUT2D eigenvalue weighted by Crippen LogP contribution is 2.75. The maximum Gasteiger partial charge on any atom is 0.309 e. The van der Waals surface area contributed by atoms with Crippen molar-refractivity contribution in [2.24, 2.45) is 27.6 Å². The molecule has 4 saturated carbocycles. The predicted molar refractivity (Wildman–Crippen MR) is 98.5 cm³/mol. The van der Waals surface area contributed by atoms with Crippen molar-refractivity contribution in [1.29, 1.82) is 0 Å². The van der Waals surface area contributed by atoms with Gasteiger partial charge in [0.05, 0.1) is 17.1 Å². The molecule has 2 bridgehead atoms. The lowest BCUT2D eigenvalue weighted by molar-refractivity contribution is -0.266. The van der Waals surface area contributed by atoms with Crippen LogP contribution in [0.3, 0.4) is 0 Å². The van der Waals surface area contributed by atoms with Gasteiger partial charge in [0, 0.05) is 17.9 Å². The van der Waals surface area contributed by atoms with Gasteiger partial charge in [0.25, 0.3) is 0 Å². The fourth-order valence-corrected chi connectivity index (χ4v) is 7.85. The summed E-state index contributed by atoms with van der Waals surface area (Å²) in [6.45, 7) is 6.23. The highest BCUT2D eigenvalue weighted by atomic mass is 16.4. The van der Waals surface area contributed by atoms with Crippen molar-refractivity contribution in [2.75, 3.05) is 7.11 Å². The largest absolute Gasteiger partial charge is 0.481 e. The van der Waals surface area contributed by atoms with Crippen molar-refractivity contribution >= 4 is 5.97 Å². The molecule has 1 spiro atoms. The molecule has 0 heterocycles. The zero-order valence-corrected chi connectivity index (χ0v) is 16.7. The van der Waals surface area contributed by atoms with Gasteiger partial charge in [-0.15, -0.1) is 0 Å². The first-order chi connectivity index (χ1) is 12.0. The number of aliphatic carboxylic acids is 1. The Morgan fingerprint density at radius 1 is 1.00 bits per heavy atom. The van der Waals surface area contributed by atoms with E-state index in [9.17, 15) is 20.1 Å². The van der Waals surface area contributed by atoms with Gasteiger partial charge >= 0.3 is 5.97 Å². The van der Waals surface area contributed by atoms with Crippen molar-refractivity contribution in [2.45, 2.75) is 90.3 Å². The second-order valence-corrected chi connectivity index (χ2v) is 10.3. The monoisotopic (exact) mass is 368 g/mol. The van der Waals surface area contributed by atoms with Gasteiger partial charge in [-0.05, 0) is 69.6 Å². The summed E-state index contributed by atoms with van der Waals surface area (Å²) in [5.41, 5.74) is -2.22. The summed E-state index contributed by atoms with van der Waals surface area (Å²) in [6, 6.07) is 0. The molecule has 5 heteroatoms. The zero-order valence-electron chi connectivity index (χ0n) is 16.7. The summed E-state index contributed by atoms with van der Waals surface area (Å²) in [4.78, 5) is 12.1. The van der Waals surface area contributed by atoms with Crippen LogP contribution in [0, 0.1) is 27.6 Å². The first-order valence-corrected chi connectivity index (χ1v) is 10.1. The average molecular weight is 369 g/mol. The van der Waals surface area contributed by atoms with Crippen LogP contribution >= 0.6 is 0 Å². The number of carboxylic acid groups (broad SMARTS) is 1. The van der Waals surface area contributed by atoms with Crippen LogP contribution in [0.5, 0.6) is 0 Å². The Bertz CT molecular complexity index is 593. The lowest BCUT2D eigenvalue weighted by Crippen LogP contribution is -2.69. The summed E-state index contributed by atoms with van der Waals surface area (Å²) in [5.74, 6) is -0.681. The number of hydrogen-bond acceptors (Lipinski definition) is 4. The second-order valence-electron chi connectivity index (χ2n) is 10.3. The maximum absolute atomic E-state index is 12.1. The van der Waals surface area contributed by atoms with Crippen LogP contribution in [0.15, 0.2) is 0 Å². The molecule has 0 radical (unpaired) electrons. The van der Waals surface area contributed by atoms with Crippen molar-refractivity contribution in [3.8, 4) is 0 Å². The Labute approximate surface area is 156 Å². The molecule has 0 aromatic rings. The standard InChI is InChI=1S/C20H32O4.CH4O/c1-16-9-10-20(24)18(3)7-4-6-17(2,15(22)23)13(18)5-8-19(20,12-16)11-14(16)21;1-2/h13-14,21,24H,4-12H2,1-3H3,(H,22,23);2H,1H3/t13-,14-,16+,17-,18-,19+,20-;/m1./s1. The third kappa shape index (κ3) is 2.17. The van der Waals surface area contributed by atoms with Crippen LogP contribution in [0.4, 0.5) is 0 Å². The predicted octanol–water partition coefficient (Wildman–Crippen LogP) is 2.96.